The Balaban J connectivity index is 3.18. The maximum Gasteiger partial charge on any atom is 0.393 e. The monoisotopic (exact) mass is 230 g/mol. The van der Waals surface area contributed by atoms with Crippen LogP contribution in [0.25, 0.3) is 0 Å². The lowest BCUT2D eigenvalue weighted by Gasteiger charge is -2.46. The van der Waals surface area contributed by atoms with Crippen LogP contribution in [0, 0.1) is 5.41 Å². The number of hydrogen-bond acceptors (Lipinski definition) is 1. The molecular formula is C7H13B4F3O2. The SMILES string of the molecule is BC(B)(C(=O)O)C(B)(B)C1(C(F)(F)F)CC1. The zero-order valence-electron chi connectivity index (χ0n) is 9.90. The summed E-state index contributed by atoms with van der Waals surface area (Å²) in [5.74, 6) is -1.19. The van der Waals surface area contributed by atoms with Crippen LogP contribution in [0.1, 0.15) is 12.8 Å². The number of alkyl halides is 3. The normalized spacial score (nSPS) is 20.4. The van der Waals surface area contributed by atoms with Gasteiger partial charge in [-0.1, -0.05) is 5.21 Å². The Bertz CT molecular complexity index is 322. The molecule has 0 bridgehead atoms. The number of halogens is 3. The summed E-state index contributed by atoms with van der Waals surface area (Å²) in [6, 6.07) is 0. The molecule has 16 heavy (non-hydrogen) atoms. The maximum atomic E-state index is 13.0. The number of carbonyl (C=O) groups is 1. The minimum Gasteiger partial charge on any atom is -0.482 e. The molecule has 2 nitrogen and oxygen atoms in total. The quantitative estimate of drug-likeness (QED) is 0.579. The summed E-state index contributed by atoms with van der Waals surface area (Å²) in [5, 5.41) is 6.35. The van der Waals surface area contributed by atoms with Gasteiger partial charge in [0.2, 0.25) is 0 Å². The van der Waals surface area contributed by atoms with Crippen LogP contribution >= 0.6 is 0 Å². The molecule has 0 amide bonds. The highest BCUT2D eigenvalue weighted by Crippen LogP contribution is 2.73. The van der Waals surface area contributed by atoms with E-state index < -0.39 is 28.0 Å². The highest BCUT2D eigenvalue weighted by molar-refractivity contribution is 6.61. The van der Waals surface area contributed by atoms with Gasteiger partial charge in [-0.15, -0.1) is 0 Å². The smallest absolute Gasteiger partial charge is 0.393 e. The van der Waals surface area contributed by atoms with Crippen molar-refractivity contribution in [3.8, 4) is 0 Å². The molecule has 1 saturated carbocycles. The molecule has 0 radical (unpaired) electrons. The fraction of sp³-hybridized carbons (Fsp3) is 0.857. The summed E-state index contributed by atoms with van der Waals surface area (Å²) in [7, 11) is 5.53. The fourth-order valence-electron chi connectivity index (χ4n) is 2.25. The van der Waals surface area contributed by atoms with Gasteiger partial charge in [0.05, 0.1) is 21.1 Å². The summed E-state index contributed by atoms with van der Waals surface area (Å²) in [6.45, 7) is 0. The largest absolute Gasteiger partial charge is 0.482 e. The van der Waals surface area contributed by atoms with Crippen LogP contribution in [-0.2, 0) is 4.79 Å². The Morgan fingerprint density at radius 3 is 1.69 bits per heavy atom. The van der Waals surface area contributed by atoms with Gasteiger partial charge in [0.15, 0.2) is 0 Å². The lowest BCUT2D eigenvalue weighted by atomic mass is 9.25. The van der Waals surface area contributed by atoms with E-state index in [1.54, 1.807) is 0 Å². The highest BCUT2D eigenvalue weighted by atomic mass is 19.4. The fourth-order valence-corrected chi connectivity index (χ4v) is 2.25. The first-order valence-corrected chi connectivity index (χ1v) is 5.20. The Labute approximate surface area is 96.0 Å². The zero-order chi connectivity index (χ0) is 13.0. The first-order chi connectivity index (χ1) is 6.90. The van der Waals surface area contributed by atoms with Gasteiger partial charge in [-0.25, -0.2) is 0 Å². The number of carboxylic acids is 1. The van der Waals surface area contributed by atoms with E-state index in [0.29, 0.717) is 0 Å². The number of carboxylic acid groups (broad SMARTS) is 1. The van der Waals surface area contributed by atoms with Gasteiger partial charge < -0.3 is 5.11 Å². The average Bonchev–Trinajstić information content (AvgIpc) is 2.80. The third-order valence-corrected chi connectivity index (χ3v) is 4.59. The Hall–Kier alpha value is -0.480. The standard InChI is InChI=1S/C7H13B4F3O2/c8-5(9,3(15)16)6(10,11)4(1-2-4)7(12,13)14/h1-2,8-11H2,(H,15,16). The summed E-state index contributed by atoms with van der Waals surface area (Å²) in [5.41, 5.74) is -1.83. The molecule has 9 heteroatoms. The molecular weight excluding hydrogens is 216 g/mol. The van der Waals surface area contributed by atoms with Crippen molar-refractivity contribution in [1.82, 2.24) is 0 Å². The van der Waals surface area contributed by atoms with Gasteiger partial charge in [0, 0.05) is 5.21 Å². The predicted molar refractivity (Wildman–Crippen MR) is 64.9 cm³/mol. The molecule has 1 N–H and O–H groups in total. The second kappa shape index (κ2) is 3.26. The Morgan fingerprint density at radius 1 is 1.12 bits per heavy atom. The second-order valence-corrected chi connectivity index (χ2v) is 5.64. The van der Waals surface area contributed by atoms with Crippen LogP contribution in [0.5, 0.6) is 0 Å². The molecule has 1 rings (SSSR count). The van der Waals surface area contributed by atoms with Crippen molar-refractivity contribution in [2.45, 2.75) is 29.4 Å². The molecule has 0 atom stereocenters. The second-order valence-electron chi connectivity index (χ2n) is 5.64. The van der Waals surface area contributed by atoms with Crippen LogP contribution in [0.2, 0.25) is 10.4 Å². The zero-order valence-corrected chi connectivity index (χ0v) is 9.90. The van der Waals surface area contributed by atoms with Crippen molar-refractivity contribution in [3.05, 3.63) is 0 Å². The lowest BCUT2D eigenvalue weighted by molar-refractivity contribution is -0.194. The van der Waals surface area contributed by atoms with Gasteiger partial charge in [0.1, 0.15) is 15.7 Å². The van der Waals surface area contributed by atoms with Crippen molar-refractivity contribution < 1.29 is 23.1 Å². The van der Waals surface area contributed by atoms with E-state index in [0.717, 1.165) is 0 Å². The van der Waals surface area contributed by atoms with Crippen molar-refractivity contribution in [2.75, 3.05) is 0 Å². The van der Waals surface area contributed by atoms with Crippen LogP contribution in [0.4, 0.5) is 13.2 Å². The van der Waals surface area contributed by atoms with Crippen molar-refractivity contribution in [1.29, 1.82) is 0 Å². The molecule has 86 valence electrons. The average molecular weight is 229 g/mol. The van der Waals surface area contributed by atoms with E-state index in [-0.39, 0.29) is 12.8 Å². The third kappa shape index (κ3) is 1.51. The van der Waals surface area contributed by atoms with Crippen molar-refractivity contribution >= 4 is 37.4 Å². The molecule has 0 saturated heterocycles. The van der Waals surface area contributed by atoms with Gasteiger partial charge in [0.25, 0.3) is 5.97 Å². The topological polar surface area (TPSA) is 37.3 Å². The van der Waals surface area contributed by atoms with Gasteiger partial charge in [-0.2, -0.15) is 13.2 Å². The first-order valence-electron chi connectivity index (χ1n) is 5.20. The number of rotatable bonds is 3. The number of aliphatic carboxylic acids is 1. The van der Waals surface area contributed by atoms with Gasteiger partial charge >= 0.3 is 6.18 Å². The highest BCUT2D eigenvalue weighted by Gasteiger charge is 2.73. The molecule has 1 fully saturated rings. The van der Waals surface area contributed by atoms with Crippen LogP contribution in [0.15, 0.2) is 0 Å². The van der Waals surface area contributed by atoms with Gasteiger partial charge in [-0.05, 0) is 12.8 Å². The number of hydrogen-bond donors (Lipinski definition) is 1. The van der Waals surface area contributed by atoms with Gasteiger partial charge in [-0.3, -0.25) is 4.79 Å². The first kappa shape index (κ1) is 13.6. The van der Waals surface area contributed by atoms with Crippen LogP contribution in [0.3, 0.4) is 0 Å². The predicted octanol–water partition coefficient (Wildman–Crippen LogP) is -1.82. The van der Waals surface area contributed by atoms with E-state index in [4.69, 9.17) is 5.11 Å². The summed E-state index contributed by atoms with van der Waals surface area (Å²) in [6.07, 6.45) is -4.27. The molecule has 1 aliphatic carbocycles. The van der Waals surface area contributed by atoms with E-state index in [2.05, 4.69) is 0 Å². The van der Waals surface area contributed by atoms with E-state index in [1.807, 2.05) is 0 Å². The Morgan fingerprint density at radius 2 is 1.50 bits per heavy atom. The molecule has 0 aromatic carbocycles. The molecule has 0 aromatic heterocycles. The molecule has 0 aromatic rings. The third-order valence-electron chi connectivity index (χ3n) is 4.59. The van der Waals surface area contributed by atoms with Crippen LogP contribution < -0.4 is 0 Å². The van der Waals surface area contributed by atoms with Crippen molar-refractivity contribution in [2.24, 2.45) is 5.41 Å². The molecule has 0 aliphatic heterocycles. The Kier molecular flexibility index (Phi) is 2.77. The van der Waals surface area contributed by atoms with E-state index in [1.165, 1.54) is 31.4 Å². The van der Waals surface area contributed by atoms with Crippen molar-refractivity contribution in [3.63, 3.8) is 0 Å². The maximum absolute atomic E-state index is 13.0. The minimum absolute atomic E-state index is 0.0280. The molecule has 0 unspecified atom stereocenters. The molecule has 1 aliphatic rings. The minimum atomic E-state index is -4.33. The van der Waals surface area contributed by atoms with E-state index in [9.17, 15) is 18.0 Å². The molecule has 0 spiro atoms. The van der Waals surface area contributed by atoms with E-state index >= 15 is 0 Å². The lowest BCUT2D eigenvalue weighted by Crippen LogP contribution is -2.49. The summed E-state index contributed by atoms with van der Waals surface area (Å²) in [4.78, 5) is 11.1. The van der Waals surface area contributed by atoms with Crippen LogP contribution in [-0.4, -0.2) is 48.6 Å². The molecule has 0 heterocycles. The summed E-state index contributed by atoms with van der Waals surface area (Å²) < 4.78 is 39.0. The summed E-state index contributed by atoms with van der Waals surface area (Å²) >= 11 is 0.